The molecule has 0 heterocycles. The second kappa shape index (κ2) is 7.62. The van der Waals surface area contributed by atoms with Gasteiger partial charge in [-0.15, -0.1) is 0 Å². The number of para-hydroxylation sites is 1. The quantitative estimate of drug-likeness (QED) is 0.707. The fourth-order valence-electron chi connectivity index (χ4n) is 3.46. The molecule has 1 N–H and O–H groups in total. The summed E-state index contributed by atoms with van der Waals surface area (Å²) in [6, 6.07) is 21.6. The van der Waals surface area contributed by atoms with Crippen molar-refractivity contribution >= 4 is 5.91 Å². The van der Waals surface area contributed by atoms with Gasteiger partial charge < -0.3 is 10.1 Å². The molecule has 1 atom stereocenters. The molecule has 4 rings (SSSR count). The number of hydrogen-bond donors (Lipinski definition) is 1. The SMILES string of the molecule is O=C(NC1CCc2ccccc21)c1ccccc1OCc1ccc(F)cc1. The number of rotatable bonds is 5. The van der Waals surface area contributed by atoms with Gasteiger partial charge in [-0.2, -0.15) is 0 Å². The van der Waals surface area contributed by atoms with Crippen LogP contribution in [-0.2, 0) is 13.0 Å². The van der Waals surface area contributed by atoms with E-state index in [1.54, 1.807) is 24.3 Å². The maximum Gasteiger partial charge on any atom is 0.255 e. The normalized spacial score (nSPS) is 15.2. The lowest BCUT2D eigenvalue weighted by Gasteiger charge is -2.16. The van der Waals surface area contributed by atoms with Crippen molar-refractivity contribution in [2.75, 3.05) is 0 Å². The number of halogens is 1. The number of benzene rings is 3. The monoisotopic (exact) mass is 361 g/mol. The molecule has 3 nitrogen and oxygen atoms in total. The average molecular weight is 361 g/mol. The predicted octanol–water partition coefficient (Wildman–Crippen LogP) is 4.82. The summed E-state index contributed by atoms with van der Waals surface area (Å²) in [7, 11) is 0. The molecule has 1 unspecified atom stereocenters. The summed E-state index contributed by atoms with van der Waals surface area (Å²) in [5, 5.41) is 3.13. The van der Waals surface area contributed by atoms with Gasteiger partial charge in [0.25, 0.3) is 5.91 Å². The molecule has 0 aliphatic heterocycles. The summed E-state index contributed by atoms with van der Waals surface area (Å²) in [5.41, 5.74) is 3.83. The Morgan fingerprint density at radius 1 is 1.00 bits per heavy atom. The van der Waals surface area contributed by atoms with E-state index in [1.807, 2.05) is 24.3 Å². The molecule has 3 aromatic carbocycles. The van der Waals surface area contributed by atoms with Gasteiger partial charge in [0.15, 0.2) is 0 Å². The van der Waals surface area contributed by atoms with Crippen LogP contribution in [0.25, 0.3) is 0 Å². The van der Waals surface area contributed by atoms with Crippen LogP contribution in [0.2, 0.25) is 0 Å². The number of fused-ring (bicyclic) bond motifs is 1. The van der Waals surface area contributed by atoms with Gasteiger partial charge in [0.05, 0.1) is 11.6 Å². The van der Waals surface area contributed by atoms with Crippen LogP contribution in [0.5, 0.6) is 5.75 Å². The van der Waals surface area contributed by atoms with Gasteiger partial charge in [-0.1, -0.05) is 48.5 Å². The van der Waals surface area contributed by atoms with Crippen molar-refractivity contribution in [1.29, 1.82) is 0 Å². The third-order valence-corrected chi connectivity index (χ3v) is 4.88. The average Bonchev–Trinajstić information content (AvgIpc) is 3.11. The lowest BCUT2D eigenvalue weighted by Crippen LogP contribution is -2.27. The van der Waals surface area contributed by atoms with Gasteiger partial charge in [0, 0.05) is 0 Å². The van der Waals surface area contributed by atoms with Crippen LogP contribution in [0, 0.1) is 5.82 Å². The molecule has 0 saturated heterocycles. The Morgan fingerprint density at radius 3 is 2.59 bits per heavy atom. The first-order chi connectivity index (χ1) is 13.2. The van der Waals surface area contributed by atoms with Crippen LogP contribution in [0.3, 0.4) is 0 Å². The summed E-state index contributed by atoms with van der Waals surface area (Å²) in [6.45, 7) is 0.275. The summed E-state index contributed by atoms with van der Waals surface area (Å²) < 4.78 is 18.9. The van der Waals surface area contributed by atoms with Crippen molar-refractivity contribution in [3.05, 3.63) is 101 Å². The third-order valence-electron chi connectivity index (χ3n) is 4.88. The topological polar surface area (TPSA) is 38.3 Å². The molecule has 27 heavy (non-hydrogen) atoms. The number of carbonyl (C=O) groups excluding carboxylic acids is 1. The van der Waals surface area contributed by atoms with Crippen LogP contribution in [0.1, 0.15) is 39.5 Å². The van der Waals surface area contributed by atoms with E-state index in [4.69, 9.17) is 4.74 Å². The molecule has 136 valence electrons. The van der Waals surface area contributed by atoms with Crippen LogP contribution in [-0.4, -0.2) is 5.91 Å². The lowest BCUT2D eigenvalue weighted by atomic mass is 10.1. The zero-order chi connectivity index (χ0) is 18.6. The van der Waals surface area contributed by atoms with Crippen molar-refractivity contribution in [2.45, 2.75) is 25.5 Å². The van der Waals surface area contributed by atoms with E-state index in [9.17, 15) is 9.18 Å². The van der Waals surface area contributed by atoms with E-state index in [0.29, 0.717) is 11.3 Å². The van der Waals surface area contributed by atoms with Crippen LogP contribution in [0.15, 0.2) is 72.8 Å². The first kappa shape index (κ1) is 17.3. The Labute approximate surface area is 157 Å². The van der Waals surface area contributed by atoms with Gasteiger partial charge >= 0.3 is 0 Å². The van der Waals surface area contributed by atoms with Gasteiger partial charge in [-0.3, -0.25) is 4.79 Å². The van der Waals surface area contributed by atoms with Crippen LogP contribution in [0.4, 0.5) is 4.39 Å². The van der Waals surface area contributed by atoms with Gasteiger partial charge in [-0.25, -0.2) is 4.39 Å². The fourth-order valence-corrected chi connectivity index (χ4v) is 3.46. The van der Waals surface area contributed by atoms with Crippen molar-refractivity contribution in [3.63, 3.8) is 0 Å². The van der Waals surface area contributed by atoms with E-state index >= 15 is 0 Å². The Bertz CT molecular complexity index is 953. The zero-order valence-corrected chi connectivity index (χ0v) is 14.8. The Morgan fingerprint density at radius 2 is 1.74 bits per heavy atom. The van der Waals surface area contributed by atoms with E-state index in [2.05, 4.69) is 17.4 Å². The molecule has 0 aromatic heterocycles. The zero-order valence-electron chi connectivity index (χ0n) is 14.8. The van der Waals surface area contributed by atoms with E-state index in [1.165, 1.54) is 23.3 Å². The minimum absolute atomic E-state index is 0.0267. The molecule has 4 heteroatoms. The number of amides is 1. The van der Waals surface area contributed by atoms with Crippen LogP contribution >= 0.6 is 0 Å². The Hall–Kier alpha value is -3.14. The predicted molar refractivity (Wildman–Crippen MR) is 102 cm³/mol. The highest BCUT2D eigenvalue weighted by molar-refractivity contribution is 5.97. The number of hydrogen-bond acceptors (Lipinski definition) is 2. The standard InChI is InChI=1S/C23H20FNO2/c24-18-12-9-16(10-13-18)15-27-22-8-4-3-7-20(22)23(26)25-21-14-11-17-5-1-2-6-19(17)21/h1-10,12-13,21H,11,14-15H2,(H,25,26). The molecular weight excluding hydrogens is 341 g/mol. The molecule has 1 aliphatic carbocycles. The fraction of sp³-hybridized carbons (Fsp3) is 0.174. The minimum Gasteiger partial charge on any atom is -0.488 e. The second-order valence-corrected chi connectivity index (χ2v) is 6.67. The number of aryl methyl sites for hydroxylation is 1. The Kier molecular flexibility index (Phi) is 4.88. The lowest BCUT2D eigenvalue weighted by molar-refractivity contribution is 0.0932. The van der Waals surface area contributed by atoms with Crippen molar-refractivity contribution in [2.24, 2.45) is 0 Å². The first-order valence-corrected chi connectivity index (χ1v) is 9.05. The molecule has 0 bridgehead atoms. The minimum atomic E-state index is -0.282. The van der Waals surface area contributed by atoms with Gasteiger partial charge in [0.1, 0.15) is 18.2 Å². The smallest absolute Gasteiger partial charge is 0.255 e. The van der Waals surface area contributed by atoms with E-state index in [0.717, 1.165) is 18.4 Å². The van der Waals surface area contributed by atoms with E-state index in [-0.39, 0.29) is 24.4 Å². The summed E-state index contributed by atoms with van der Waals surface area (Å²) in [6.07, 6.45) is 1.88. The van der Waals surface area contributed by atoms with Crippen LogP contribution < -0.4 is 10.1 Å². The van der Waals surface area contributed by atoms with Crippen molar-refractivity contribution in [3.8, 4) is 5.75 Å². The van der Waals surface area contributed by atoms with Crippen molar-refractivity contribution < 1.29 is 13.9 Å². The maximum atomic E-state index is 13.0. The number of carbonyl (C=O) groups is 1. The summed E-state index contributed by atoms with van der Waals surface area (Å²) in [5.74, 6) is 0.0902. The highest BCUT2D eigenvalue weighted by Gasteiger charge is 2.24. The molecule has 0 spiro atoms. The maximum absolute atomic E-state index is 13.0. The summed E-state index contributed by atoms with van der Waals surface area (Å²) >= 11 is 0. The largest absolute Gasteiger partial charge is 0.488 e. The molecule has 1 amide bonds. The Balaban J connectivity index is 1.47. The van der Waals surface area contributed by atoms with Gasteiger partial charge in [-0.05, 0) is 53.8 Å². The number of ether oxygens (including phenoxy) is 1. The van der Waals surface area contributed by atoms with Gasteiger partial charge in [0.2, 0.25) is 0 Å². The molecule has 0 saturated carbocycles. The molecule has 0 fully saturated rings. The molecule has 1 aliphatic rings. The highest BCUT2D eigenvalue weighted by Crippen LogP contribution is 2.31. The first-order valence-electron chi connectivity index (χ1n) is 9.05. The molecule has 0 radical (unpaired) electrons. The highest BCUT2D eigenvalue weighted by atomic mass is 19.1. The summed E-state index contributed by atoms with van der Waals surface area (Å²) in [4.78, 5) is 12.8. The molecular formula is C23H20FNO2. The van der Waals surface area contributed by atoms with E-state index < -0.39 is 0 Å². The molecule has 3 aromatic rings. The third kappa shape index (κ3) is 3.85. The number of nitrogens with one attached hydrogen (secondary N) is 1. The van der Waals surface area contributed by atoms with Crippen molar-refractivity contribution in [1.82, 2.24) is 5.32 Å². The second-order valence-electron chi connectivity index (χ2n) is 6.67.